The number of anilines is 1. The predicted molar refractivity (Wildman–Crippen MR) is 157 cm³/mol. The zero-order valence-electron chi connectivity index (χ0n) is 21.8. The number of rotatable bonds is 8. The molecule has 1 aliphatic heterocycles. The Labute approximate surface area is 231 Å². The van der Waals surface area contributed by atoms with Gasteiger partial charge in [0, 0.05) is 67.8 Å². The van der Waals surface area contributed by atoms with Crippen LogP contribution in [0, 0.1) is 5.82 Å². The van der Waals surface area contributed by atoms with Gasteiger partial charge in [-0.05, 0) is 54.8 Å². The molecule has 2 aromatic heterocycles. The molecule has 1 fully saturated rings. The fourth-order valence-electron chi connectivity index (χ4n) is 5.01. The molecule has 1 aliphatic rings. The van der Waals surface area contributed by atoms with E-state index in [1.54, 1.807) is 31.1 Å². The summed E-state index contributed by atoms with van der Waals surface area (Å²) in [6, 6.07) is 14.4. The van der Waals surface area contributed by atoms with Gasteiger partial charge in [0.1, 0.15) is 17.2 Å². The van der Waals surface area contributed by atoms with Gasteiger partial charge < -0.3 is 14.0 Å². The van der Waals surface area contributed by atoms with E-state index in [-0.39, 0.29) is 11.7 Å². The molecule has 9 heteroatoms. The number of carbonyl (C=O) groups excluding carboxylic acids is 1. The molecule has 6 nitrogen and oxygen atoms in total. The minimum Gasteiger partial charge on any atom is -0.455 e. The Morgan fingerprint density at radius 2 is 2.11 bits per heavy atom. The normalized spacial score (nSPS) is 16.1. The van der Waals surface area contributed by atoms with Crippen LogP contribution in [0.25, 0.3) is 22.3 Å². The number of hydrogen-bond acceptors (Lipinski definition) is 6. The Hall–Kier alpha value is -3.01. The molecule has 38 heavy (non-hydrogen) atoms. The second kappa shape index (κ2) is 11.8. The SMILES string of the molecule is CNC(=O)c1c(-c2ccc(F)cc2)oc2cc(N(C)SC)c([C@@H]3CCCN([SH+]Cc4cccnc4)C3)cc12. The Morgan fingerprint density at radius 3 is 2.82 bits per heavy atom. The van der Waals surface area contributed by atoms with Crippen molar-refractivity contribution in [1.82, 2.24) is 14.6 Å². The number of halogens is 1. The van der Waals surface area contributed by atoms with Gasteiger partial charge in [0.15, 0.2) is 5.75 Å². The number of carbonyl (C=O) groups is 1. The molecule has 198 valence electrons. The van der Waals surface area contributed by atoms with Crippen LogP contribution in [0.5, 0.6) is 0 Å². The molecule has 0 radical (unpaired) electrons. The van der Waals surface area contributed by atoms with E-state index in [0.717, 1.165) is 42.8 Å². The van der Waals surface area contributed by atoms with Gasteiger partial charge in [-0.1, -0.05) is 18.0 Å². The molecule has 1 atom stereocenters. The maximum absolute atomic E-state index is 13.6. The largest absolute Gasteiger partial charge is 0.455 e. The van der Waals surface area contributed by atoms with Crippen molar-refractivity contribution in [2.24, 2.45) is 0 Å². The van der Waals surface area contributed by atoms with Crippen LogP contribution >= 0.6 is 11.9 Å². The highest BCUT2D eigenvalue weighted by Gasteiger charge is 2.30. The van der Waals surface area contributed by atoms with E-state index < -0.39 is 0 Å². The fraction of sp³-hybridized carbons (Fsp3) is 0.310. The maximum atomic E-state index is 13.6. The van der Waals surface area contributed by atoms with Crippen LogP contribution in [0.2, 0.25) is 0 Å². The minimum atomic E-state index is -0.331. The summed E-state index contributed by atoms with van der Waals surface area (Å²) in [4.78, 5) is 17.4. The van der Waals surface area contributed by atoms with Gasteiger partial charge in [-0.15, -0.1) is 4.31 Å². The highest BCUT2D eigenvalue weighted by molar-refractivity contribution is 7.99. The molecule has 0 bridgehead atoms. The summed E-state index contributed by atoms with van der Waals surface area (Å²) >= 11 is 2.92. The van der Waals surface area contributed by atoms with Crippen LogP contribution in [0.1, 0.15) is 40.2 Å². The zero-order valence-corrected chi connectivity index (χ0v) is 23.5. The quantitative estimate of drug-likeness (QED) is 0.169. The molecular formula is C29H32FN4O2S2+. The number of fused-ring (bicyclic) bond motifs is 1. The van der Waals surface area contributed by atoms with Crippen LogP contribution < -0.4 is 9.62 Å². The van der Waals surface area contributed by atoms with Gasteiger partial charge >= 0.3 is 0 Å². The highest BCUT2D eigenvalue weighted by atomic mass is 32.2. The Morgan fingerprint density at radius 1 is 1.29 bits per heavy atom. The number of pyridine rings is 1. The molecule has 1 amide bonds. The summed E-state index contributed by atoms with van der Waals surface area (Å²) in [6.45, 7) is 2.01. The van der Waals surface area contributed by atoms with E-state index in [0.29, 0.717) is 28.4 Å². The van der Waals surface area contributed by atoms with E-state index >= 15 is 0 Å². The van der Waals surface area contributed by atoms with Crippen LogP contribution in [0.4, 0.5) is 10.1 Å². The molecular weight excluding hydrogens is 519 g/mol. The first-order chi connectivity index (χ1) is 18.5. The number of piperidine rings is 1. The number of furan rings is 1. The third-order valence-electron chi connectivity index (χ3n) is 7.03. The van der Waals surface area contributed by atoms with E-state index in [1.165, 1.54) is 35.2 Å². The summed E-state index contributed by atoms with van der Waals surface area (Å²) in [5.41, 5.74) is 5.33. The molecule has 5 rings (SSSR count). The molecule has 1 N–H and O–H groups in total. The third kappa shape index (κ3) is 5.55. The summed E-state index contributed by atoms with van der Waals surface area (Å²) in [7, 11) is 3.67. The van der Waals surface area contributed by atoms with Gasteiger partial charge in [-0.3, -0.25) is 9.78 Å². The Balaban J connectivity index is 1.54. The van der Waals surface area contributed by atoms with Crippen molar-refractivity contribution in [2.75, 3.05) is 37.7 Å². The number of benzene rings is 2. The fourth-order valence-corrected chi connectivity index (χ4v) is 6.52. The molecule has 3 heterocycles. The molecule has 2 aromatic carbocycles. The zero-order chi connectivity index (χ0) is 26.6. The molecule has 0 saturated carbocycles. The van der Waals surface area contributed by atoms with Crippen molar-refractivity contribution < 1.29 is 13.6 Å². The topological polar surface area (TPSA) is 61.6 Å². The van der Waals surface area contributed by atoms with E-state index in [1.807, 2.05) is 24.5 Å². The average molecular weight is 552 g/mol. The average Bonchev–Trinajstić information content (AvgIpc) is 3.34. The van der Waals surface area contributed by atoms with Crippen molar-refractivity contribution >= 4 is 46.5 Å². The summed E-state index contributed by atoms with van der Waals surface area (Å²) in [5, 5.41) is 3.55. The van der Waals surface area contributed by atoms with Crippen molar-refractivity contribution in [3.05, 3.63) is 83.4 Å². The lowest BCUT2D eigenvalue weighted by Crippen LogP contribution is -2.34. The van der Waals surface area contributed by atoms with E-state index in [2.05, 4.69) is 44.3 Å². The van der Waals surface area contributed by atoms with Crippen LogP contribution in [-0.2, 0) is 17.7 Å². The summed E-state index contributed by atoms with van der Waals surface area (Å²) in [5.74, 6) is 1.17. The first-order valence-corrected chi connectivity index (χ1v) is 14.9. The number of aromatic nitrogens is 1. The number of amides is 1. The lowest BCUT2D eigenvalue weighted by atomic mass is 9.89. The number of nitrogens with zero attached hydrogens (tertiary/aromatic N) is 3. The lowest BCUT2D eigenvalue weighted by Gasteiger charge is -2.30. The third-order valence-corrected chi connectivity index (χ3v) is 9.04. The summed E-state index contributed by atoms with van der Waals surface area (Å²) < 4.78 is 24.6. The van der Waals surface area contributed by atoms with Gasteiger partial charge in [0.2, 0.25) is 0 Å². The highest BCUT2D eigenvalue weighted by Crippen LogP contribution is 2.42. The van der Waals surface area contributed by atoms with Crippen molar-refractivity contribution in [3.8, 4) is 11.3 Å². The van der Waals surface area contributed by atoms with Crippen molar-refractivity contribution in [1.29, 1.82) is 0 Å². The second-order valence-electron chi connectivity index (χ2n) is 9.39. The van der Waals surface area contributed by atoms with Gasteiger partial charge in [-0.2, -0.15) is 0 Å². The van der Waals surface area contributed by atoms with Crippen molar-refractivity contribution in [2.45, 2.75) is 24.5 Å². The molecule has 4 aromatic rings. The maximum Gasteiger partial charge on any atom is 0.255 e. The van der Waals surface area contributed by atoms with E-state index in [4.69, 9.17) is 4.42 Å². The number of hydrogen-bond donors (Lipinski definition) is 1. The van der Waals surface area contributed by atoms with Crippen LogP contribution in [-0.4, -0.2) is 48.6 Å². The molecule has 0 spiro atoms. The van der Waals surface area contributed by atoms with Gasteiger partial charge in [0.25, 0.3) is 5.91 Å². The molecule has 0 unspecified atom stereocenters. The first-order valence-electron chi connectivity index (χ1n) is 12.7. The Kier molecular flexibility index (Phi) is 8.26. The smallest absolute Gasteiger partial charge is 0.255 e. The number of nitrogens with one attached hydrogen (secondary N) is 1. The van der Waals surface area contributed by atoms with Crippen molar-refractivity contribution in [3.63, 3.8) is 0 Å². The first kappa shape index (κ1) is 26.6. The van der Waals surface area contributed by atoms with E-state index in [9.17, 15) is 9.18 Å². The standard InChI is InChI=1S/C29H31FN4O2S2/c1-31-29(35)27-24-14-23(21-7-5-13-34(17-21)38-18-19-6-4-12-32-16-19)25(33(2)37-3)15-26(24)36-28(27)20-8-10-22(30)11-9-20/h4,6,8-12,14-16,21H,5,7,13,17-18H2,1-3H3,(H,31,35)/p+1/t21-/m1/s1. The lowest BCUT2D eigenvalue weighted by molar-refractivity contribution is 0.0964. The van der Waals surface area contributed by atoms with Crippen LogP contribution in [0.3, 0.4) is 0 Å². The van der Waals surface area contributed by atoms with Gasteiger partial charge in [-0.25, -0.2) is 4.39 Å². The second-order valence-corrected chi connectivity index (χ2v) is 11.5. The minimum absolute atomic E-state index is 0.222. The number of thiol groups is 1. The summed E-state index contributed by atoms with van der Waals surface area (Å²) in [6.07, 6.45) is 7.99. The molecule has 0 aliphatic carbocycles. The predicted octanol–water partition coefficient (Wildman–Crippen LogP) is 5.82. The Bertz CT molecular complexity index is 1410. The van der Waals surface area contributed by atoms with Gasteiger partial charge in [0.05, 0.1) is 29.7 Å². The molecule has 1 saturated heterocycles. The van der Waals surface area contributed by atoms with Crippen LogP contribution in [0.15, 0.2) is 65.3 Å². The monoisotopic (exact) mass is 551 g/mol.